The average molecular weight is 295 g/mol. The van der Waals surface area contributed by atoms with Crippen molar-refractivity contribution in [3.8, 4) is 17.0 Å². The number of anilines is 1. The minimum Gasteiger partial charge on any atom is -0.497 e. The van der Waals surface area contributed by atoms with E-state index in [1.807, 2.05) is 43.5 Å². The van der Waals surface area contributed by atoms with Crippen LogP contribution in [-0.2, 0) is 6.54 Å². The van der Waals surface area contributed by atoms with Crippen LogP contribution in [0.2, 0.25) is 0 Å². The number of aromatic nitrogens is 4. The Morgan fingerprint density at radius 1 is 1.18 bits per heavy atom. The third-order valence-corrected chi connectivity index (χ3v) is 3.37. The van der Waals surface area contributed by atoms with E-state index < -0.39 is 0 Å². The highest BCUT2D eigenvalue weighted by Gasteiger charge is 2.07. The van der Waals surface area contributed by atoms with E-state index in [4.69, 9.17) is 4.74 Å². The van der Waals surface area contributed by atoms with E-state index >= 15 is 0 Å². The van der Waals surface area contributed by atoms with E-state index in [0.29, 0.717) is 12.5 Å². The zero-order valence-electron chi connectivity index (χ0n) is 12.5. The zero-order chi connectivity index (χ0) is 15.4. The summed E-state index contributed by atoms with van der Waals surface area (Å²) in [4.78, 5) is 8.77. The van der Waals surface area contributed by atoms with Gasteiger partial charge in [-0.05, 0) is 30.7 Å². The molecule has 0 radical (unpaired) electrons. The molecular weight excluding hydrogens is 278 g/mol. The van der Waals surface area contributed by atoms with Gasteiger partial charge >= 0.3 is 0 Å². The van der Waals surface area contributed by atoms with Crippen LogP contribution in [0.25, 0.3) is 11.3 Å². The number of nitrogens with zero attached hydrogens (tertiary/aromatic N) is 3. The third-order valence-electron chi connectivity index (χ3n) is 3.37. The number of methoxy groups -OCH3 is 1. The van der Waals surface area contributed by atoms with Crippen molar-refractivity contribution < 1.29 is 4.74 Å². The molecule has 6 nitrogen and oxygen atoms in total. The Labute approximate surface area is 128 Å². The van der Waals surface area contributed by atoms with Crippen molar-refractivity contribution in [2.75, 3.05) is 12.4 Å². The van der Waals surface area contributed by atoms with Crippen LogP contribution in [0, 0.1) is 6.92 Å². The van der Waals surface area contributed by atoms with Gasteiger partial charge in [0.1, 0.15) is 5.75 Å². The highest BCUT2D eigenvalue weighted by Crippen LogP contribution is 2.19. The van der Waals surface area contributed by atoms with Crippen LogP contribution in [0.1, 0.15) is 11.3 Å². The van der Waals surface area contributed by atoms with Crippen LogP contribution in [0.5, 0.6) is 5.75 Å². The van der Waals surface area contributed by atoms with Gasteiger partial charge in [-0.2, -0.15) is 5.10 Å². The Kier molecular flexibility index (Phi) is 4.00. The van der Waals surface area contributed by atoms with Crippen molar-refractivity contribution in [2.24, 2.45) is 0 Å². The lowest BCUT2D eigenvalue weighted by atomic mass is 10.2. The Bertz CT molecular complexity index is 751. The number of H-pyrrole nitrogens is 1. The molecule has 3 aromatic rings. The molecule has 22 heavy (non-hydrogen) atoms. The van der Waals surface area contributed by atoms with E-state index in [-0.39, 0.29) is 0 Å². The highest BCUT2D eigenvalue weighted by molar-refractivity contribution is 5.61. The molecule has 0 spiro atoms. The number of rotatable bonds is 5. The summed E-state index contributed by atoms with van der Waals surface area (Å²) in [6.45, 7) is 2.59. The van der Waals surface area contributed by atoms with Crippen molar-refractivity contribution >= 4 is 5.95 Å². The summed E-state index contributed by atoms with van der Waals surface area (Å²) >= 11 is 0. The predicted octanol–water partition coefficient (Wildman–Crippen LogP) is 2.80. The molecule has 0 bridgehead atoms. The molecule has 0 unspecified atom stereocenters. The first kappa shape index (κ1) is 14.1. The summed E-state index contributed by atoms with van der Waals surface area (Å²) in [5.41, 5.74) is 3.88. The molecule has 2 aromatic heterocycles. The Morgan fingerprint density at radius 3 is 2.68 bits per heavy atom. The first-order chi connectivity index (χ1) is 10.8. The molecule has 0 aliphatic rings. The fraction of sp³-hybridized carbons (Fsp3) is 0.188. The van der Waals surface area contributed by atoms with E-state index in [1.165, 1.54) is 0 Å². The molecule has 3 rings (SSSR count). The lowest BCUT2D eigenvalue weighted by Crippen LogP contribution is -2.04. The molecule has 2 N–H and O–H groups in total. The lowest BCUT2D eigenvalue weighted by Gasteiger charge is -2.07. The van der Waals surface area contributed by atoms with Crippen molar-refractivity contribution in [1.82, 2.24) is 20.2 Å². The Balaban J connectivity index is 1.71. The quantitative estimate of drug-likeness (QED) is 0.757. The van der Waals surface area contributed by atoms with Crippen molar-refractivity contribution in [1.29, 1.82) is 0 Å². The van der Waals surface area contributed by atoms with Gasteiger partial charge in [0.05, 0.1) is 18.5 Å². The number of hydrogen-bond acceptors (Lipinski definition) is 5. The summed E-state index contributed by atoms with van der Waals surface area (Å²) in [5, 5.41) is 10.2. The number of ether oxygens (including phenoxy) is 1. The number of benzene rings is 1. The van der Waals surface area contributed by atoms with Crippen LogP contribution in [0.4, 0.5) is 5.95 Å². The maximum Gasteiger partial charge on any atom is 0.223 e. The molecule has 0 saturated carbocycles. The van der Waals surface area contributed by atoms with Gasteiger partial charge < -0.3 is 10.1 Å². The van der Waals surface area contributed by atoms with Gasteiger partial charge in [0, 0.05) is 24.5 Å². The number of hydrogen-bond donors (Lipinski definition) is 2. The van der Waals surface area contributed by atoms with E-state index in [2.05, 4.69) is 25.5 Å². The number of nitrogens with one attached hydrogen (secondary N) is 2. The monoisotopic (exact) mass is 295 g/mol. The van der Waals surface area contributed by atoms with Gasteiger partial charge in [-0.3, -0.25) is 5.10 Å². The second-order valence-electron chi connectivity index (χ2n) is 4.85. The van der Waals surface area contributed by atoms with Crippen LogP contribution in [0.15, 0.2) is 42.7 Å². The van der Waals surface area contributed by atoms with Crippen LogP contribution in [0.3, 0.4) is 0 Å². The van der Waals surface area contributed by atoms with Crippen molar-refractivity contribution in [3.05, 3.63) is 54.0 Å². The fourth-order valence-corrected chi connectivity index (χ4v) is 2.14. The predicted molar refractivity (Wildman–Crippen MR) is 84.7 cm³/mol. The molecule has 0 amide bonds. The highest BCUT2D eigenvalue weighted by atomic mass is 16.5. The van der Waals surface area contributed by atoms with Crippen molar-refractivity contribution in [3.63, 3.8) is 0 Å². The average Bonchev–Trinajstić information content (AvgIpc) is 3.00. The molecule has 0 atom stereocenters. The minimum atomic E-state index is 0.592. The second-order valence-corrected chi connectivity index (χ2v) is 4.85. The molecule has 1 aromatic carbocycles. The van der Waals surface area contributed by atoms with Gasteiger partial charge in [-0.1, -0.05) is 12.1 Å². The van der Waals surface area contributed by atoms with E-state index in [1.54, 1.807) is 13.3 Å². The van der Waals surface area contributed by atoms with Gasteiger partial charge in [0.2, 0.25) is 5.95 Å². The van der Waals surface area contributed by atoms with Gasteiger partial charge in [-0.15, -0.1) is 0 Å². The van der Waals surface area contributed by atoms with E-state index in [9.17, 15) is 0 Å². The van der Waals surface area contributed by atoms with Gasteiger partial charge in [0.25, 0.3) is 0 Å². The lowest BCUT2D eigenvalue weighted by molar-refractivity contribution is 0.414. The normalized spacial score (nSPS) is 10.5. The smallest absolute Gasteiger partial charge is 0.223 e. The Hall–Kier alpha value is -2.89. The van der Waals surface area contributed by atoms with Crippen LogP contribution in [-0.4, -0.2) is 27.3 Å². The first-order valence-electron chi connectivity index (χ1n) is 6.97. The van der Waals surface area contributed by atoms with Gasteiger partial charge in [0.15, 0.2) is 0 Å². The molecule has 0 saturated heterocycles. The summed E-state index contributed by atoms with van der Waals surface area (Å²) in [6.07, 6.45) is 3.58. The maximum atomic E-state index is 5.15. The van der Waals surface area contributed by atoms with Gasteiger partial charge in [-0.25, -0.2) is 9.97 Å². The summed E-state index contributed by atoms with van der Waals surface area (Å²) in [6, 6.07) is 9.76. The zero-order valence-corrected chi connectivity index (χ0v) is 12.5. The number of aromatic amines is 1. The Morgan fingerprint density at radius 2 is 2.00 bits per heavy atom. The molecular formula is C16H17N5O. The molecule has 2 heterocycles. The van der Waals surface area contributed by atoms with Crippen LogP contribution < -0.4 is 10.1 Å². The SMILES string of the molecule is COc1ccc(CNc2nccc(-c3c[nH]nc3C)n2)cc1. The fourth-order valence-electron chi connectivity index (χ4n) is 2.14. The molecule has 112 valence electrons. The first-order valence-corrected chi connectivity index (χ1v) is 6.97. The molecule has 6 heteroatoms. The number of aryl methyl sites for hydroxylation is 1. The summed E-state index contributed by atoms with van der Waals surface area (Å²) < 4.78 is 5.15. The summed E-state index contributed by atoms with van der Waals surface area (Å²) in [7, 11) is 1.66. The van der Waals surface area contributed by atoms with Crippen molar-refractivity contribution in [2.45, 2.75) is 13.5 Å². The largest absolute Gasteiger partial charge is 0.497 e. The standard InChI is InChI=1S/C16H17N5O/c1-11-14(10-19-21-11)15-7-8-17-16(20-15)18-9-12-3-5-13(22-2)6-4-12/h3-8,10H,9H2,1-2H3,(H,19,21)(H,17,18,20). The maximum absolute atomic E-state index is 5.15. The molecule has 0 fully saturated rings. The topological polar surface area (TPSA) is 75.7 Å². The van der Waals surface area contributed by atoms with E-state index in [0.717, 1.165) is 28.3 Å². The molecule has 0 aliphatic heterocycles. The minimum absolute atomic E-state index is 0.592. The second kappa shape index (κ2) is 6.26. The summed E-state index contributed by atoms with van der Waals surface area (Å²) in [5.74, 6) is 1.44. The third kappa shape index (κ3) is 3.06. The molecule has 0 aliphatic carbocycles. The van der Waals surface area contributed by atoms with Crippen LogP contribution >= 0.6 is 0 Å².